The van der Waals surface area contributed by atoms with Crippen LogP contribution in [-0.4, -0.2) is 79.0 Å². The van der Waals surface area contributed by atoms with Gasteiger partial charge in [-0.3, -0.25) is 14.6 Å². The third kappa shape index (κ3) is 5.13. The number of piperazine rings is 1. The molecule has 2 heterocycles. The monoisotopic (exact) mass is 440 g/mol. The average Bonchev–Trinajstić information content (AvgIpc) is 3.17. The Morgan fingerprint density at radius 3 is 2.38 bits per heavy atom. The molecule has 0 unspecified atom stereocenters. The van der Waals surface area contributed by atoms with Crippen molar-refractivity contribution in [2.45, 2.75) is 0 Å². The Hall–Kier alpha value is -3.26. The minimum absolute atomic E-state index is 0.00702. The van der Waals surface area contributed by atoms with Crippen molar-refractivity contribution in [3.63, 3.8) is 0 Å². The minimum Gasteiger partial charge on any atom is -0.339 e. The lowest BCUT2D eigenvalue weighted by molar-refractivity contribution is -0.133. The second-order valence-electron chi connectivity index (χ2n) is 7.95. The molecule has 2 aromatic rings. The van der Waals surface area contributed by atoms with E-state index in [4.69, 9.17) is 0 Å². The highest BCUT2D eigenvalue weighted by Crippen LogP contribution is 2.22. The van der Waals surface area contributed by atoms with Gasteiger partial charge in [0.2, 0.25) is 5.91 Å². The van der Waals surface area contributed by atoms with Gasteiger partial charge in [0.05, 0.1) is 0 Å². The summed E-state index contributed by atoms with van der Waals surface area (Å²) in [4.78, 5) is 32.3. The first-order valence-electron chi connectivity index (χ1n) is 10.7. The summed E-state index contributed by atoms with van der Waals surface area (Å²) >= 11 is 0. The maximum absolute atomic E-state index is 13.5. The van der Waals surface area contributed by atoms with Crippen LogP contribution in [0.4, 0.5) is 19.3 Å². The molecule has 2 aliphatic heterocycles. The van der Waals surface area contributed by atoms with E-state index in [1.165, 1.54) is 15.9 Å². The van der Waals surface area contributed by atoms with Crippen molar-refractivity contribution >= 4 is 23.7 Å². The van der Waals surface area contributed by atoms with E-state index < -0.39 is 11.6 Å². The second kappa shape index (κ2) is 9.91. The number of carbonyl (C=O) groups excluding carboxylic acids is 2. The van der Waals surface area contributed by atoms with E-state index in [2.05, 4.69) is 29.2 Å². The standard InChI is InChI=1S/C24H26F2N4O2/c25-21-9-8-20(17-22(21)26)30-16-15-29(24(30)32)18-23(31)28-13-11-27(12-14-28)10-4-7-19-5-2-1-3-6-19/h1-9,17H,10-16,18H2/b7-4+. The average molecular weight is 440 g/mol. The van der Waals surface area contributed by atoms with Crippen LogP contribution in [0.1, 0.15) is 5.56 Å². The fourth-order valence-corrected chi connectivity index (χ4v) is 3.97. The van der Waals surface area contributed by atoms with E-state index in [1.54, 1.807) is 4.90 Å². The summed E-state index contributed by atoms with van der Waals surface area (Å²) in [5, 5.41) is 0. The number of amides is 3. The van der Waals surface area contributed by atoms with E-state index in [9.17, 15) is 18.4 Å². The van der Waals surface area contributed by atoms with Gasteiger partial charge in [0, 0.05) is 57.6 Å². The van der Waals surface area contributed by atoms with Crippen LogP contribution < -0.4 is 4.90 Å². The Labute approximate surface area is 186 Å². The molecule has 32 heavy (non-hydrogen) atoms. The van der Waals surface area contributed by atoms with E-state index in [-0.39, 0.29) is 18.5 Å². The molecule has 168 valence electrons. The Morgan fingerprint density at radius 2 is 1.66 bits per heavy atom. The van der Waals surface area contributed by atoms with Gasteiger partial charge in [0.1, 0.15) is 6.54 Å². The molecule has 0 aliphatic carbocycles. The molecule has 0 radical (unpaired) electrons. The molecular formula is C24H26F2N4O2. The zero-order chi connectivity index (χ0) is 22.5. The van der Waals surface area contributed by atoms with E-state index >= 15 is 0 Å². The summed E-state index contributed by atoms with van der Waals surface area (Å²) in [6.07, 6.45) is 4.22. The molecule has 0 saturated carbocycles. The molecule has 0 bridgehead atoms. The zero-order valence-electron chi connectivity index (χ0n) is 17.8. The maximum Gasteiger partial charge on any atom is 0.325 e. The Bertz CT molecular complexity index is 991. The highest BCUT2D eigenvalue weighted by molar-refractivity contribution is 5.96. The largest absolute Gasteiger partial charge is 0.339 e. The number of hydrogen-bond acceptors (Lipinski definition) is 3. The maximum atomic E-state index is 13.5. The quantitative estimate of drug-likeness (QED) is 0.694. The molecule has 3 amide bonds. The highest BCUT2D eigenvalue weighted by Gasteiger charge is 2.32. The second-order valence-corrected chi connectivity index (χ2v) is 7.95. The Kier molecular flexibility index (Phi) is 6.80. The van der Waals surface area contributed by atoms with Crippen LogP contribution in [0.2, 0.25) is 0 Å². The van der Waals surface area contributed by atoms with Crippen molar-refractivity contribution < 1.29 is 18.4 Å². The first kappa shape index (κ1) is 22.0. The van der Waals surface area contributed by atoms with Crippen LogP contribution in [0.15, 0.2) is 54.6 Å². The summed E-state index contributed by atoms with van der Waals surface area (Å²) in [6, 6.07) is 13.1. The first-order valence-corrected chi connectivity index (χ1v) is 10.7. The van der Waals surface area contributed by atoms with Crippen LogP contribution in [-0.2, 0) is 4.79 Å². The van der Waals surface area contributed by atoms with Gasteiger partial charge in [-0.2, -0.15) is 0 Å². The predicted molar refractivity (Wildman–Crippen MR) is 119 cm³/mol. The van der Waals surface area contributed by atoms with Gasteiger partial charge < -0.3 is 9.80 Å². The van der Waals surface area contributed by atoms with Crippen LogP contribution >= 0.6 is 0 Å². The van der Waals surface area contributed by atoms with Crippen molar-refractivity contribution in [1.82, 2.24) is 14.7 Å². The molecule has 2 saturated heterocycles. The Balaban J connectivity index is 1.24. The van der Waals surface area contributed by atoms with Crippen molar-refractivity contribution in [3.8, 4) is 0 Å². The number of carbonyl (C=O) groups is 2. The van der Waals surface area contributed by atoms with Crippen LogP contribution in [0.3, 0.4) is 0 Å². The lowest BCUT2D eigenvalue weighted by Crippen LogP contribution is -2.51. The van der Waals surface area contributed by atoms with Crippen molar-refractivity contribution in [2.75, 3.05) is 57.3 Å². The number of urea groups is 1. The van der Waals surface area contributed by atoms with E-state index in [0.717, 1.165) is 37.3 Å². The van der Waals surface area contributed by atoms with Gasteiger partial charge in [-0.15, -0.1) is 0 Å². The molecule has 0 N–H and O–H groups in total. The minimum atomic E-state index is -0.999. The van der Waals surface area contributed by atoms with Gasteiger partial charge in [0.15, 0.2) is 11.6 Å². The number of hydrogen-bond donors (Lipinski definition) is 0. The number of halogens is 2. The fraction of sp³-hybridized carbons (Fsp3) is 0.333. The normalized spacial score (nSPS) is 17.6. The lowest BCUT2D eigenvalue weighted by atomic mass is 10.2. The molecule has 2 fully saturated rings. The summed E-state index contributed by atoms with van der Waals surface area (Å²) in [5.74, 6) is -2.05. The van der Waals surface area contributed by atoms with Crippen molar-refractivity contribution in [2.24, 2.45) is 0 Å². The van der Waals surface area contributed by atoms with E-state index in [1.807, 2.05) is 18.2 Å². The van der Waals surface area contributed by atoms with Gasteiger partial charge in [-0.05, 0) is 17.7 Å². The number of rotatable bonds is 6. The molecule has 2 aliphatic rings. The smallest absolute Gasteiger partial charge is 0.325 e. The van der Waals surface area contributed by atoms with Gasteiger partial charge in [-0.1, -0.05) is 42.5 Å². The number of nitrogens with zero attached hydrogens (tertiary/aromatic N) is 4. The summed E-state index contributed by atoms with van der Waals surface area (Å²) in [6.45, 7) is 4.31. The van der Waals surface area contributed by atoms with Crippen LogP contribution in [0.25, 0.3) is 6.08 Å². The molecule has 0 spiro atoms. The molecular weight excluding hydrogens is 414 g/mol. The topological polar surface area (TPSA) is 47.1 Å². The van der Waals surface area contributed by atoms with Crippen LogP contribution in [0, 0.1) is 11.6 Å². The molecule has 6 nitrogen and oxygen atoms in total. The third-order valence-electron chi connectivity index (χ3n) is 5.83. The number of benzene rings is 2. The lowest BCUT2D eigenvalue weighted by Gasteiger charge is -2.35. The Morgan fingerprint density at radius 1 is 0.906 bits per heavy atom. The molecule has 8 heteroatoms. The zero-order valence-corrected chi connectivity index (χ0v) is 17.8. The SMILES string of the molecule is O=C(CN1CCN(c2ccc(F)c(F)c2)C1=O)N1CCN(C/C=C/c2ccccc2)CC1. The molecule has 0 aromatic heterocycles. The highest BCUT2D eigenvalue weighted by atomic mass is 19.2. The van der Waals surface area contributed by atoms with Crippen molar-refractivity contribution in [3.05, 3.63) is 71.8 Å². The molecule has 2 aromatic carbocycles. The summed E-state index contributed by atoms with van der Waals surface area (Å²) < 4.78 is 26.7. The van der Waals surface area contributed by atoms with Crippen LogP contribution in [0.5, 0.6) is 0 Å². The van der Waals surface area contributed by atoms with Gasteiger partial charge in [0.25, 0.3) is 0 Å². The fourth-order valence-electron chi connectivity index (χ4n) is 3.97. The number of anilines is 1. The molecule has 4 rings (SSSR count). The third-order valence-corrected chi connectivity index (χ3v) is 5.83. The van der Waals surface area contributed by atoms with Crippen molar-refractivity contribution in [1.29, 1.82) is 0 Å². The summed E-state index contributed by atoms with van der Waals surface area (Å²) in [5.41, 5.74) is 1.45. The molecule has 0 atom stereocenters. The van der Waals surface area contributed by atoms with Gasteiger partial charge >= 0.3 is 6.03 Å². The van der Waals surface area contributed by atoms with Gasteiger partial charge in [-0.25, -0.2) is 13.6 Å². The summed E-state index contributed by atoms with van der Waals surface area (Å²) in [7, 11) is 0. The predicted octanol–water partition coefficient (Wildman–Crippen LogP) is 3.06. The van der Waals surface area contributed by atoms with E-state index in [0.29, 0.717) is 31.9 Å². The first-order chi connectivity index (χ1) is 15.5.